The molecule has 1 N–H and O–H groups in total. The Bertz CT molecular complexity index is 483. The number of phenolic OH excluding ortho intramolecular Hbond substituents is 1. The van der Waals surface area contributed by atoms with E-state index in [-0.39, 0.29) is 16.4 Å². The van der Waals surface area contributed by atoms with Crippen LogP contribution in [0.3, 0.4) is 0 Å². The quantitative estimate of drug-likeness (QED) is 0.506. The fraction of sp³-hybridized carbons (Fsp3) is 0.231. The number of carbonyl (C=O) groups is 2. The van der Waals surface area contributed by atoms with E-state index in [1.54, 1.807) is 12.1 Å². The summed E-state index contributed by atoms with van der Waals surface area (Å²) in [5, 5.41) is 9.71. The van der Waals surface area contributed by atoms with Crippen LogP contribution in [-0.2, 0) is 4.79 Å². The highest BCUT2D eigenvalue weighted by atomic mass is 32.2. The number of carbonyl (C=O) groups excluding carboxylic acids is 2. The van der Waals surface area contributed by atoms with Gasteiger partial charge in [0.1, 0.15) is 5.75 Å². The number of phenols is 1. The van der Waals surface area contributed by atoms with Crippen molar-refractivity contribution in [3.63, 3.8) is 0 Å². The summed E-state index contributed by atoms with van der Waals surface area (Å²) >= 11 is 1.22. The van der Waals surface area contributed by atoms with Gasteiger partial charge in [-0.05, 0) is 12.1 Å². The Balaban J connectivity index is 2.66. The number of thioether (sulfide) groups is 1. The fourth-order valence-electron chi connectivity index (χ4n) is 1.16. The number of para-hydroxylation sites is 1. The second-order valence-electron chi connectivity index (χ2n) is 3.25. The first-order valence-corrected chi connectivity index (χ1v) is 6.03. The number of aldehydes is 1. The topological polar surface area (TPSA) is 54.4 Å². The van der Waals surface area contributed by atoms with Crippen LogP contribution >= 0.6 is 11.8 Å². The Hall–Kier alpha value is -1.73. The minimum Gasteiger partial charge on any atom is -0.506 e. The van der Waals surface area contributed by atoms with Crippen molar-refractivity contribution in [2.24, 2.45) is 0 Å². The molecule has 0 unspecified atom stereocenters. The van der Waals surface area contributed by atoms with Crippen LogP contribution in [0.2, 0.25) is 0 Å². The lowest BCUT2D eigenvalue weighted by Crippen LogP contribution is -1.86. The molecule has 17 heavy (non-hydrogen) atoms. The van der Waals surface area contributed by atoms with Crippen LogP contribution in [0, 0.1) is 11.8 Å². The monoisotopic (exact) mass is 248 g/mol. The lowest BCUT2D eigenvalue weighted by Gasteiger charge is -1.98. The van der Waals surface area contributed by atoms with Gasteiger partial charge in [-0.25, -0.2) is 0 Å². The highest BCUT2D eigenvalue weighted by molar-refractivity contribution is 8.13. The summed E-state index contributed by atoms with van der Waals surface area (Å²) in [5.74, 6) is 6.17. The third-order valence-corrected chi connectivity index (χ3v) is 2.76. The zero-order chi connectivity index (χ0) is 12.7. The van der Waals surface area contributed by atoms with Gasteiger partial charge in [0.15, 0.2) is 11.4 Å². The summed E-state index contributed by atoms with van der Waals surface area (Å²) in [5.41, 5.74) is 0.664. The molecule has 4 heteroatoms. The number of rotatable bonds is 3. The van der Waals surface area contributed by atoms with Gasteiger partial charge in [0.05, 0.1) is 11.1 Å². The summed E-state index contributed by atoms with van der Waals surface area (Å²) in [6.07, 6.45) is 1.15. The third-order valence-electron chi connectivity index (χ3n) is 1.95. The van der Waals surface area contributed by atoms with Gasteiger partial charge in [-0.3, -0.25) is 9.59 Å². The summed E-state index contributed by atoms with van der Waals surface area (Å²) in [6, 6.07) is 4.84. The molecule has 0 saturated carbocycles. The predicted octanol–water partition coefficient (Wildman–Crippen LogP) is 2.23. The molecular formula is C13H12O3S. The van der Waals surface area contributed by atoms with Crippen molar-refractivity contribution in [2.45, 2.75) is 13.3 Å². The molecule has 0 spiro atoms. The summed E-state index contributed by atoms with van der Waals surface area (Å²) in [7, 11) is 0. The average molecular weight is 248 g/mol. The highest BCUT2D eigenvalue weighted by Gasteiger charge is 2.02. The van der Waals surface area contributed by atoms with E-state index in [4.69, 9.17) is 0 Å². The molecular weight excluding hydrogens is 236 g/mol. The smallest absolute Gasteiger partial charge is 0.185 e. The van der Waals surface area contributed by atoms with E-state index < -0.39 is 0 Å². The van der Waals surface area contributed by atoms with E-state index in [9.17, 15) is 14.7 Å². The molecule has 88 valence electrons. The fourth-order valence-corrected chi connectivity index (χ4v) is 1.65. The van der Waals surface area contributed by atoms with Crippen molar-refractivity contribution in [1.82, 2.24) is 0 Å². The van der Waals surface area contributed by atoms with E-state index in [1.807, 2.05) is 0 Å². The zero-order valence-corrected chi connectivity index (χ0v) is 10.2. The van der Waals surface area contributed by atoms with Gasteiger partial charge in [-0.15, -0.1) is 0 Å². The first kappa shape index (κ1) is 13.3. The molecule has 0 heterocycles. The van der Waals surface area contributed by atoms with Gasteiger partial charge in [0, 0.05) is 19.1 Å². The largest absolute Gasteiger partial charge is 0.506 e. The molecule has 0 aliphatic carbocycles. The molecule has 1 aromatic rings. The first-order chi connectivity index (χ1) is 8.15. The maximum absolute atomic E-state index is 10.7. The highest BCUT2D eigenvalue weighted by Crippen LogP contribution is 2.19. The number of hydrogen-bond acceptors (Lipinski definition) is 4. The summed E-state index contributed by atoms with van der Waals surface area (Å²) in [6.45, 7) is 1.51. The van der Waals surface area contributed by atoms with Crippen LogP contribution in [0.4, 0.5) is 0 Å². The van der Waals surface area contributed by atoms with Crippen molar-refractivity contribution >= 4 is 23.2 Å². The Labute approximate surface area is 104 Å². The molecule has 0 amide bonds. The van der Waals surface area contributed by atoms with Gasteiger partial charge in [0.25, 0.3) is 0 Å². The minimum absolute atomic E-state index is 0.0672. The van der Waals surface area contributed by atoms with Crippen LogP contribution in [0.5, 0.6) is 5.75 Å². The Morgan fingerprint density at radius 2 is 2.29 bits per heavy atom. The lowest BCUT2D eigenvalue weighted by molar-refractivity contribution is -0.109. The molecule has 1 rings (SSSR count). The van der Waals surface area contributed by atoms with Crippen LogP contribution in [0.1, 0.15) is 29.3 Å². The normalized spacial score (nSPS) is 9.24. The minimum atomic E-state index is -0.0887. The predicted molar refractivity (Wildman–Crippen MR) is 68.1 cm³/mol. The van der Waals surface area contributed by atoms with Crippen molar-refractivity contribution < 1.29 is 14.7 Å². The molecule has 3 nitrogen and oxygen atoms in total. The van der Waals surface area contributed by atoms with Gasteiger partial charge in [-0.2, -0.15) is 0 Å². The molecule has 0 atom stereocenters. The molecule has 1 aromatic carbocycles. The Morgan fingerprint density at radius 3 is 2.94 bits per heavy atom. The number of hydrogen-bond donors (Lipinski definition) is 1. The average Bonchev–Trinajstić information content (AvgIpc) is 2.30. The zero-order valence-electron chi connectivity index (χ0n) is 9.40. The third kappa shape index (κ3) is 4.33. The second-order valence-corrected chi connectivity index (χ2v) is 4.52. The Morgan fingerprint density at radius 1 is 1.53 bits per heavy atom. The molecule has 0 aromatic heterocycles. The number of benzene rings is 1. The first-order valence-electron chi connectivity index (χ1n) is 5.04. The van der Waals surface area contributed by atoms with Crippen LogP contribution < -0.4 is 0 Å². The molecule has 0 radical (unpaired) electrons. The van der Waals surface area contributed by atoms with Crippen molar-refractivity contribution in [2.75, 3.05) is 5.75 Å². The van der Waals surface area contributed by atoms with Gasteiger partial charge >= 0.3 is 0 Å². The standard InChI is InChI=1S/C13H12O3S/c1-10(15)17-8-3-2-5-11-6-4-7-12(9-14)13(11)16/h4,6-7,9,16H,3,8H2,1H3. The second kappa shape index (κ2) is 6.77. The maximum atomic E-state index is 10.7. The Kier molecular flexibility index (Phi) is 5.31. The van der Waals surface area contributed by atoms with Crippen LogP contribution in [-0.4, -0.2) is 22.3 Å². The van der Waals surface area contributed by atoms with Gasteiger partial charge in [-0.1, -0.05) is 29.7 Å². The van der Waals surface area contributed by atoms with Crippen molar-refractivity contribution in [3.8, 4) is 17.6 Å². The van der Waals surface area contributed by atoms with Crippen LogP contribution in [0.15, 0.2) is 18.2 Å². The maximum Gasteiger partial charge on any atom is 0.185 e. The van der Waals surface area contributed by atoms with Gasteiger partial charge < -0.3 is 5.11 Å². The SMILES string of the molecule is CC(=O)SCCC#Cc1cccc(C=O)c1O. The van der Waals surface area contributed by atoms with Gasteiger partial charge in [0.2, 0.25) is 0 Å². The van der Waals surface area contributed by atoms with E-state index >= 15 is 0 Å². The van der Waals surface area contributed by atoms with E-state index in [2.05, 4.69) is 11.8 Å². The van der Waals surface area contributed by atoms with E-state index in [0.29, 0.717) is 24.0 Å². The molecule has 0 saturated heterocycles. The summed E-state index contributed by atoms with van der Waals surface area (Å²) < 4.78 is 0. The molecule has 0 aliphatic rings. The summed E-state index contributed by atoms with van der Waals surface area (Å²) in [4.78, 5) is 21.2. The van der Waals surface area contributed by atoms with E-state index in [1.165, 1.54) is 24.8 Å². The van der Waals surface area contributed by atoms with Crippen molar-refractivity contribution in [1.29, 1.82) is 0 Å². The lowest BCUT2D eigenvalue weighted by atomic mass is 10.1. The van der Waals surface area contributed by atoms with E-state index in [0.717, 1.165) is 0 Å². The van der Waals surface area contributed by atoms with Crippen molar-refractivity contribution in [3.05, 3.63) is 29.3 Å². The molecule has 0 bridgehead atoms. The number of aromatic hydroxyl groups is 1. The van der Waals surface area contributed by atoms with Crippen LogP contribution in [0.25, 0.3) is 0 Å². The molecule has 0 fully saturated rings. The molecule has 0 aliphatic heterocycles.